The van der Waals surface area contributed by atoms with Gasteiger partial charge < -0.3 is 9.64 Å². The number of rotatable bonds is 2. The molecular weight excluding hydrogens is 242 g/mol. The van der Waals surface area contributed by atoms with Gasteiger partial charge in [-0.2, -0.15) is 0 Å². The minimum absolute atomic E-state index is 0.0580. The van der Waals surface area contributed by atoms with Crippen LogP contribution in [-0.2, 0) is 9.53 Å². The van der Waals surface area contributed by atoms with E-state index < -0.39 is 5.91 Å². The second-order valence-electron chi connectivity index (χ2n) is 5.30. The summed E-state index contributed by atoms with van der Waals surface area (Å²) in [5.74, 6) is -0.794. The number of Topliss-reactive ketones (excluding diaryl/α,β-unsaturated/α-hetero) is 1. The van der Waals surface area contributed by atoms with E-state index in [1.165, 1.54) is 0 Å². The number of anilines is 1. The van der Waals surface area contributed by atoms with E-state index in [1.54, 1.807) is 4.90 Å². The molecule has 3 rings (SSSR count). The number of carbonyl (C=O) groups excluding carboxylic acids is 2. The average molecular weight is 259 g/mol. The lowest BCUT2D eigenvalue weighted by molar-refractivity contribution is -0.114. The summed E-state index contributed by atoms with van der Waals surface area (Å²) in [6.07, 6.45) is 2.04. The summed E-state index contributed by atoms with van der Waals surface area (Å²) in [6.45, 7) is 5.05. The van der Waals surface area contributed by atoms with Gasteiger partial charge in [0.05, 0.1) is 23.9 Å². The molecule has 1 saturated heterocycles. The van der Waals surface area contributed by atoms with Gasteiger partial charge in [-0.25, -0.2) is 0 Å². The molecular formula is C15H17NO3. The van der Waals surface area contributed by atoms with Gasteiger partial charge in [0, 0.05) is 6.61 Å². The molecule has 1 atom stereocenters. The number of aryl methyl sites for hydroxylation is 2. The predicted octanol–water partition coefficient (Wildman–Crippen LogP) is 2.01. The molecule has 4 nitrogen and oxygen atoms in total. The molecule has 2 heterocycles. The normalized spacial score (nSPS) is 22.2. The van der Waals surface area contributed by atoms with E-state index in [2.05, 4.69) is 0 Å². The minimum atomic E-state index is -0.414. The summed E-state index contributed by atoms with van der Waals surface area (Å²) < 4.78 is 5.58. The Hall–Kier alpha value is -1.68. The molecule has 4 heteroatoms. The average Bonchev–Trinajstić information content (AvgIpc) is 2.97. The van der Waals surface area contributed by atoms with E-state index in [-0.39, 0.29) is 11.9 Å². The Bertz CT molecular complexity index is 559. The number of nitrogens with zero attached hydrogens (tertiary/aromatic N) is 1. The maximum Gasteiger partial charge on any atom is 0.299 e. The van der Waals surface area contributed by atoms with Crippen LogP contribution < -0.4 is 4.90 Å². The molecule has 0 N–H and O–H groups in total. The molecule has 0 aliphatic carbocycles. The van der Waals surface area contributed by atoms with Crippen molar-refractivity contribution in [1.82, 2.24) is 0 Å². The molecule has 2 aliphatic heterocycles. The van der Waals surface area contributed by atoms with Crippen molar-refractivity contribution in [2.24, 2.45) is 0 Å². The van der Waals surface area contributed by atoms with Gasteiger partial charge in [-0.1, -0.05) is 12.1 Å². The van der Waals surface area contributed by atoms with Crippen molar-refractivity contribution in [3.05, 3.63) is 28.8 Å². The summed E-state index contributed by atoms with van der Waals surface area (Å²) >= 11 is 0. The van der Waals surface area contributed by atoms with E-state index in [9.17, 15) is 9.59 Å². The number of amides is 1. The highest BCUT2D eigenvalue weighted by molar-refractivity contribution is 6.52. The lowest BCUT2D eigenvalue weighted by atomic mass is 10.0. The fourth-order valence-corrected chi connectivity index (χ4v) is 2.93. The number of hydrogen-bond acceptors (Lipinski definition) is 3. The first kappa shape index (κ1) is 12.4. The first-order chi connectivity index (χ1) is 9.09. The molecule has 19 heavy (non-hydrogen) atoms. The third-order valence-corrected chi connectivity index (χ3v) is 3.93. The first-order valence-corrected chi connectivity index (χ1v) is 6.67. The van der Waals surface area contributed by atoms with Gasteiger partial charge in [0.25, 0.3) is 11.7 Å². The fourth-order valence-electron chi connectivity index (χ4n) is 2.93. The Labute approximate surface area is 112 Å². The number of ether oxygens (including phenoxy) is 1. The van der Waals surface area contributed by atoms with Crippen LogP contribution in [-0.4, -0.2) is 30.9 Å². The second kappa shape index (κ2) is 4.46. The highest BCUT2D eigenvalue weighted by Crippen LogP contribution is 2.35. The Morgan fingerprint density at radius 3 is 2.68 bits per heavy atom. The predicted molar refractivity (Wildman–Crippen MR) is 71.6 cm³/mol. The summed E-state index contributed by atoms with van der Waals surface area (Å²) in [6, 6.07) is 3.86. The molecule has 0 spiro atoms. The Kier molecular flexibility index (Phi) is 2.90. The van der Waals surface area contributed by atoms with E-state index in [1.807, 2.05) is 26.0 Å². The molecule has 0 bridgehead atoms. The minimum Gasteiger partial charge on any atom is -0.376 e. The highest BCUT2D eigenvalue weighted by atomic mass is 16.5. The Morgan fingerprint density at radius 2 is 2.00 bits per heavy atom. The van der Waals surface area contributed by atoms with Crippen LogP contribution in [0.25, 0.3) is 0 Å². The smallest absolute Gasteiger partial charge is 0.299 e. The van der Waals surface area contributed by atoms with Crippen molar-refractivity contribution in [3.8, 4) is 0 Å². The molecule has 1 unspecified atom stereocenters. The Balaban J connectivity index is 2.01. The standard InChI is InChI=1S/C15H17NO3/c1-9-5-6-10(2)13-12(9)14(17)15(18)16(13)8-11-4-3-7-19-11/h5-6,11H,3-4,7-8H2,1-2H3. The molecule has 0 saturated carbocycles. The molecule has 1 aromatic rings. The number of ketones is 1. The van der Waals surface area contributed by atoms with Crippen LogP contribution in [0.1, 0.15) is 34.3 Å². The number of benzene rings is 1. The van der Waals surface area contributed by atoms with Crippen molar-refractivity contribution in [2.75, 3.05) is 18.1 Å². The second-order valence-corrected chi connectivity index (χ2v) is 5.30. The van der Waals surface area contributed by atoms with Gasteiger partial charge >= 0.3 is 0 Å². The van der Waals surface area contributed by atoms with Crippen molar-refractivity contribution in [2.45, 2.75) is 32.8 Å². The summed E-state index contributed by atoms with van der Waals surface area (Å²) in [5.41, 5.74) is 3.19. The summed E-state index contributed by atoms with van der Waals surface area (Å²) in [5, 5.41) is 0. The topological polar surface area (TPSA) is 46.6 Å². The van der Waals surface area contributed by atoms with Crippen molar-refractivity contribution < 1.29 is 14.3 Å². The molecule has 1 fully saturated rings. The van der Waals surface area contributed by atoms with Crippen LogP contribution in [0.3, 0.4) is 0 Å². The molecule has 2 aliphatic rings. The largest absolute Gasteiger partial charge is 0.376 e. The van der Waals surface area contributed by atoms with Crippen molar-refractivity contribution >= 4 is 17.4 Å². The van der Waals surface area contributed by atoms with Gasteiger partial charge in [0.15, 0.2) is 0 Å². The maximum atomic E-state index is 12.2. The van der Waals surface area contributed by atoms with Gasteiger partial charge in [-0.05, 0) is 37.8 Å². The van der Waals surface area contributed by atoms with E-state index in [4.69, 9.17) is 4.74 Å². The monoisotopic (exact) mass is 259 g/mol. The molecule has 1 aromatic carbocycles. The van der Waals surface area contributed by atoms with Crippen LogP contribution in [0, 0.1) is 13.8 Å². The van der Waals surface area contributed by atoms with Gasteiger partial charge in [-0.15, -0.1) is 0 Å². The lowest BCUT2D eigenvalue weighted by Gasteiger charge is -2.22. The van der Waals surface area contributed by atoms with Crippen LogP contribution in [0.5, 0.6) is 0 Å². The van der Waals surface area contributed by atoms with Crippen molar-refractivity contribution in [3.63, 3.8) is 0 Å². The maximum absolute atomic E-state index is 12.2. The van der Waals surface area contributed by atoms with E-state index in [0.29, 0.717) is 12.1 Å². The molecule has 100 valence electrons. The summed E-state index contributed by atoms with van der Waals surface area (Å²) in [4.78, 5) is 25.9. The van der Waals surface area contributed by atoms with Gasteiger partial charge in [0.1, 0.15) is 0 Å². The van der Waals surface area contributed by atoms with Crippen LogP contribution in [0.15, 0.2) is 12.1 Å². The first-order valence-electron chi connectivity index (χ1n) is 6.67. The zero-order chi connectivity index (χ0) is 13.6. The van der Waals surface area contributed by atoms with Gasteiger partial charge in [0.2, 0.25) is 0 Å². The number of fused-ring (bicyclic) bond motifs is 1. The van der Waals surface area contributed by atoms with Gasteiger partial charge in [-0.3, -0.25) is 9.59 Å². The van der Waals surface area contributed by atoms with Crippen LogP contribution in [0.2, 0.25) is 0 Å². The highest BCUT2D eigenvalue weighted by Gasteiger charge is 2.39. The van der Waals surface area contributed by atoms with E-state index in [0.717, 1.165) is 36.3 Å². The summed E-state index contributed by atoms with van der Waals surface area (Å²) in [7, 11) is 0. The Morgan fingerprint density at radius 1 is 1.26 bits per heavy atom. The number of carbonyl (C=O) groups is 2. The number of hydrogen-bond donors (Lipinski definition) is 0. The quantitative estimate of drug-likeness (QED) is 0.763. The van der Waals surface area contributed by atoms with E-state index >= 15 is 0 Å². The zero-order valence-electron chi connectivity index (χ0n) is 11.2. The molecule has 0 aromatic heterocycles. The zero-order valence-corrected chi connectivity index (χ0v) is 11.2. The third kappa shape index (κ3) is 1.87. The lowest BCUT2D eigenvalue weighted by Crippen LogP contribution is -2.36. The van der Waals surface area contributed by atoms with Crippen LogP contribution >= 0.6 is 0 Å². The molecule has 1 amide bonds. The third-order valence-electron chi connectivity index (χ3n) is 3.93. The van der Waals surface area contributed by atoms with Crippen LogP contribution in [0.4, 0.5) is 5.69 Å². The SMILES string of the molecule is Cc1ccc(C)c2c1C(=O)C(=O)N2CC1CCCO1. The fraction of sp³-hybridized carbons (Fsp3) is 0.467. The van der Waals surface area contributed by atoms with Crippen molar-refractivity contribution in [1.29, 1.82) is 0 Å². The molecule has 0 radical (unpaired) electrons.